The Morgan fingerprint density at radius 1 is 1.67 bits per heavy atom. The third-order valence-corrected chi connectivity index (χ3v) is 1.84. The molecule has 0 saturated heterocycles. The lowest BCUT2D eigenvalue weighted by molar-refractivity contribution is -0.137. The molecule has 6 heteroatoms. The molecular formula is C9H12N2O4. The minimum Gasteiger partial charge on any atom is -0.481 e. The van der Waals surface area contributed by atoms with E-state index in [1.165, 1.54) is 12.3 Å². The van der Waals surface area contributed by atoms with Crippen molar-refractivity contribution in [2.24, 2.45) is 0 Å². The summed E-state index contributed by atoms with van der Waals surface area (Å²) in [4.78, 5) is 21.7. The molecule has 1 atom stereocenters. The van der Waals surface area contributed by atoms with Crippen LogP contribution in [0.25, 0.3) is 0 Å². The quantitative estimate of drug-likeness (QED) is 0.747. The molecule has 0 aromatic carbocycles. The SMILES string of the molecule is CC(CCC(=O)O)NC(=O)c1ccon1. The van der Waals surface area contributed by atoms with Gasteiger partial charge in [-0.05, 0) is 13.3 Å². The molecule has 1 heterocycles. The first-order chi connectivity index (χ1) is 7.09. The minimum absolute atomic E-state index is 0.0280. The van der Waals surface area contributed by atoms with E-state index < -0.39 is 5.97 Å². The number of carboxylic acid groups (broad SMARTS) is 1. The zero-order valence-corrected chi connectivity index (χ0v) is 8.27. The highest BCUT2D eigenvalue weighted by atomic mass is 16.5. The maximum atomic E-state index is 11.4. The lowest BCUT2D eigenvalue weighted by Crippen LogP contribution is -2.33. The summed E-state index contributed by atoms with van der Waals surface area (Å²) in [5, 5.41) is 14.5. The first-order valence-electron chi connectivity index (χ1n) is 4.52. The van der Waals surface area contributed by atoms with Gasteiger partial charge in [0.05, 0.1) is 0 Å². The predicted molar refractivity (Wildman–Crippen MR) is 50.3 cm³/mol. The molecule has 0 fully saturated rings. The van der Waals surface area contributed by atoms with Crippen LogP contribution in [-0.2, 0) is 4.79 Å². The Hall–Kier alpha value is -1.85. The third kappa shape index (κ3) is 3.80. The summed E-state index contributed by atoms with van der Waals surface area (Å²) in [6.07, 6.45) is 1.72. The van der Waals surface area contributed by atoms with Gasteiger partial charge in [-0.25, -0.2) is 0 Å². The van der Waals surface area contributed by atoms with E-state index in [0.717, 1.165) is 0 Å². The summed E-state index contributed by atoms with van der Waals surface area (Å²) < 4.78 is 4.51. The van der Waals surface area contributed by atoms with E-state index >= 15 is 0 Å². The van der Waals surface area contributed by atoms with Crippen LogP contribution < -0.4 is 5.32 Å². The van der Waals surface area contributed by atoms with Crippen LogP contribution in [-0.4, -0.2) is 28.2 Å². The Bertz CT molecular complexity index is 334. The molecule has 1 amide bonds. The fourth-order valence-electron chi connectivity index (χ4n) is 1.04. The van der Waals surface area contributed by atoms with Crippen LogP contribution in [0.2, 0.25) is 0 Å². The molecule has 1 aromatic rings. The fourth-order valence-corrected chi connectivity index (χ4v) is 1.04. The van der Waals surface area contributed by atoms with Gasteiger partial charge in [0.15, 0.2) is 5.69 Å². The first-order valence-corrected chi connectivity index (χ1v) is 4.52. The van der Waals surface area contributed by atoms with Gasteiger partial charge in [0, 0.05) is 18.5 Å². The van der Waals surface area contributed by atoms with Crippen molar-refractivity contribution in [2.75, 3.05) is 0 Å². The smallest absolute Gasteiger partial charge is 0.303 e. The molecule has 1 rings (SSSR count). The average molecular weight is 212 g/mol. The Labute approximate surface area is 86.3 Å². The number of hydrogen-bond acceptors (Lipinski definition) is 4. The first kappa shape index (κ1) is 11.2. The Kier molecular flexibility index (Phi) is 3.84. The number of aliphatic carboxylic acids is 1. The third-order valence-electron chi connectivity index (χ3n) is 1.84. The zero-order valence-electron chi connectivity index (χ0n) is 8.27. The van der Waals surface area contributed by atoms with Gasteiger partial charge in [-0.3, -0.25) is 9.59 Å². The maximum Gasteiger partial charge on any atom is 0.303 e. The van der Waals surface area contributed by atoms with E-state index in [2.05, 4.69) is 15.0 Å². The van der Waals surface area contributed by atoms with Crippen LogP contribution in [0.4, 0.5) is 0 Å². The van der Waals surface area contributed by atoms with E-state index in [0.29, 0.717) is 6.42 Å². The molecule has 0 bridgehead atoms. The van der Waals surface area contributed by atoms with Crippen LogP contribution in [0.15, 0.2) is 16.9 Å². The maximum absolute atomic E-state index is 11.4. The van der Waals surface area contributed by atoms with E-state index in [1.807, 2.05) is 0 Å². The standard InChI is InChI=1S/C9H12N2O4/c1-6(2-3-8(12)13)10-9(14)7-4-5-15-11-7/h4-6H,2-3H2,1H3,(H,10,14)(H,12,13). The lowest BCUT2D eigenvalue weighted by Gasteiger charge is -2.10. The summed E-state index contributed by atoms with van der Waals surface area (Å²) >= 11 is 0. The number of nitrogens with one attached hydrogen (secondary N) is 1. The highest BCUT2D eigenvalue weighted by molar-refractivity contribution is 5.92. The zero-order chi connectivity index (χ0) is 11.3. The largest absolute Gasteiger partial charge is 0.481 e. The van der Waals surface area contributed by atoms with Crippen LogP contribution >= 0.6 is 0 Å². The predicted octanol–water partition coefficient (Wildman–Crippen LogP) is 0.658. The minimum atomic E-state index is -0.877. The van der Waals surface area contributed by atoms with Crippen molar-refractivity contribution in [1.29, 1.82) is 0 Å². The summed E-state index contributed by atoms with van der Waals surface area (Å²) in [6, 6.07) is 1.24. The van der Waals surface area contributed by atoms with E-state index in [4.69, 9.17) is 5.11 Å². The summed E-state index contributed by atoms with van der Waals surface area (Å²) in [6.45, 7) is 1.74. The van der Waals surface area contributed by atoms with E-state index in [-0.39, 0.29) is 24.1 Å². The average Bonchev–Trinajstić information content (AvgIpc) is 2.67. The molecule has 0 aliphatic rings. The van der Waals surface area contributed by atoms with Gasteiger partial charge in [0.2, 0.25) is 0 Å². The topological polar surface area (TPSA) is 92.4 Å². The number of amides is 1. The molecular weight excluding hydrogens is 200 g/mol. The van der Waals surface area contributed by atoms with Crippen LogP contribution in [0.1, 0.15) is 30.3 Å². The number of carbonyl (C=O) groups is 2. The number of carboxylic acids is 1. The van der Waals surface area contributed by atoms with Gasteiger partial charge >= 0.3 is 5.97 Å². The van der Waals surface area contributed by atoms with Gasteiger partial charge in [-0.1, -0.05) is 5.16 Å². The fraction of sp³-hybridized carbons (Fsp3) is 0.444. The highest BCUT2D eigenvalue weighted by Gasteiger charge is 2.12. The molecule has 0 spiro atoms. The van der Waals surface area contributed by atoms with Crippen LogP contribution in [0, 0.1) is 0 Å². The Morgan fingerprint density at radius 2 is 2.40 bits per heavy atom. The molecule has 1 aromatic heterocycles. The number of nitrogens with zero attached hydrogens (tertiary/aromatic N) is 1. The summed E-state index contributed by atoms with van der Waals surface area (Å²) in [5.74, 6) is -1.24. The summed E-state index contributed by atoms with van der Waals surface area (Å²) in [5.41, 5.74) is 0.192. The van der Waals surface area contributed by atoms with Gasteiger partial charge in [0.25, 0.3) is 5.91 Å². The molecule has 0 radical (unpaired) electrons. The number of rotatable bonds is 5. The molecule has 0 aliphatic carbocycles. The second-order valence-corrected chi connectivity index (χ2v) is 3.19. The number of aromatic nitrogens is 1. The number of carbonyl (C=O) groups excluding carboxylic acids is 1. The molecule has 0 aliphatic heterocycles. The van der Waals surface area contributed by atoms with Gasteiger partial charge in [0.1, 0.15) is 6.26 Å². The molecule has 2 N–H and O–H groups in total. The van der Waals surface area contributed by atoms with Crippen molar-refractivity contribution in [3.63, 3.8) is 0 Å². The highest BCUT2D eigenvalue weighted by Crippen LogP contribution is 1.99. The van der Waals surface area contributed by atoms with Crippen molar-refractivity contribution in [3.8, 4) is 0 Å². The molecule has 82 valence electrons. The van der Waals surface area contributed by atoms with Crippen molar-refractivity contribution < 1.29 is 19.2 Å². The Morgan fingerprint density at radius 3 is 2.93 bits per heavy atom. The van der Waals surface area contributed by atoms with Gasteiger partial charge in [-0.2, -0.15) is 0 Å². The second kappa shape index (κ2) is 5.14. The number of hydrogen-bond donors (Lipinski definition) is 2. The molecule has 1 unspecified atom stereocenters. The Balaban J connectivity index is 2.35. The van der Waals surface area contributed by atoms with E-state index in [9.17, 15) is 9.59 Å². The van der Waals surface area contributed by atoms with Crippen molar-refractivity contribution in [1.82, 2.24) is 10.5 Å². The van der Waals surface area contributed by atoms with Crippen molar-refractivity contribution in [2.45, 2.75) is 25.8 Å². The van der Waals surface area contributed by atoms with Crippen LogP contribution in [0.5, 0.6) is 0 Å². The van der Waals surface area contributed by atoms with Crippen LogP contribution in [0.3, 0.4) is 0 Å². The summed E-state index contributed by atoms with van der Waals surface area (Å²) in [7, 11) is 0. The van der Waals surface area contributed by atoms with Gasteiger partial charge < -0.3 is 14.9 Å². The van der Waals surface area contributed by atoms with Crippen molar-refractivity contribution in [3.05, 3.63) is 18.0 Å². The monoisotopic (exact) mass is 212 g/mol. The molecule has 6 nitrogen and oxygen atoms in total. The molecule has 0 saturated carbocycles. The van der Waals surface area contributed by atoms with Crippen molar-refractivity contribution >= 4 is 11.9 Å². The van der Waals surface area contributed by atoms with E-state index in [1.54, 1.807) is 6.92 Å². The normalized spacial score (nSPS) is 12.1. The van der Waals surface area contributed by atoms with Gasteiger partial charge in [-0.15, -0.1) is 0 Å². The second-order valence-electron chi connectivity index (χ2n) is 3.19. The lowest BCUT2D eigenvalue weighted by atomic mass is 10.2. The molecule has 15 heavy (non-hydrogen) atoms.